The molecule has 1 amide bonds. The second kappa shape index (κ2) is 4.59. The van der Waals surface area contributed by atoms with Gasteiger partial charge in [0.2, 0.25) is 0 Å². The highest BCUT2D eigenvalue weighted by Crippen LogP contribution is 2.23. The van der Waals surface area contributed by atoms with Crippen LogP contribution in [-0.4, -0.2) is 21.6 Å². The van der Waals surface area contributed by atoms with Crippen LogP contribution >= 0.6 is 0 Å². The summed E-state index contributed by atoms with van der Waals surface area (Å²) in [5.41, 5.74) is 2.74. The van der Waals surface area contributed by atoms with Crippen molar-refractivity contribution in [1.29, 1.82) is 0 Å². The Bertz CT molecular complexity index is 463. The zero-order valence-corrected chi connectivity index (χ0v) is 11.5. The van der Waals surface area contributed by atoms with E-state index in [1.54, 1.807) is 4.90 Å². The maximum absolute atomic E-state index is 12.0. The van der Waals surface area contributed by atoms with Crippen LogP contribution in [0.25, 0.3) is 0 Å². The van der Waals surface area contributed by atoms with Crippen LogP contribution in [-0.2, 0) is 24.2 Å². The van der Waals surface area contributed by atoms with Gasteiger partial charge < -0.3 is 4.74 Å². The third-order valence-corrected chi connectivity index (χ3v) is 2.84. The van der Waals surface area contributed by atoms with Crippen molar-refractivity contribution in [2.45, 2.75) is 52.8 Å². The van der Waals surface area contributed by atoms with E-state index >= 15 is 0 Å². The molecule has 0 spiro atoms. The van der Waals surface area contributed by atoms with E-state index in [-0.39, 0.29) is 6.09 Å². The second-order valence-corrected chi connectivity index (χ2v) is 5.60. The molecule has 2 rings (SSSR count). The number of fused-ring (bicyclic) bond motifs is 1. The lowest BCUT2D eigenvalue weighted by atomic mass is 10.2. The van der Waals surface area contributed by atoms with Crippen LogP contribution in [0, 0.1) is 0 Å². The molecule has 18 heavy (non-hydrogen) atoms. The topological polar surface area (TPSA) is 42.4 Å². The van der Waals surface area contributed by atoms with Gasteiger partial charge >= 0.3 is 6.09 Å². The molecule has 1 aliphatic heterocycles. The average Bonchev–Trinajstić information content (AvgIpc) is 2.69. The average molecular weight is 248 g/mol. The van der Waals surface area contributed by atoms with Crippen molar-refractivity contribution >= 4 is 6.09 Å². The van der Waals surface area contributed by atoms with Gasteiger partial charge in [0.05, 0.1) is 18.8 Å². The molecule has 0 saturated heterocycles. The van der Waals surface area contributed by atoms with Crippen molar-refractivity contribution in [2.24, 2.45) is 0 Å². The van der Waals surface area contributed by atoms with E-state index in [1.165, 1.54) is 0 Å². The first-order chi connectivity index (χ1) is 8.39. The Labute approximate surface area is 108 Å². The molecule has 0 N–H and O–H groups in total. The standard InChI is InChI=1S/C14H20N2O2/c1-5-11-7-6-10-8-16(9-12(10)15-11)13(17)18-14(2,3)4/h6-7H,5,8-9H2,1-4H3. The summed E-state index contributed by atoms with van der Waals surface area (Å²) in [5, 5.41) is 0. The normalized spacial score (nSPS) is 14.6. The van der Waals surface area contributed by atoms with Gasteiger partial charge in [-0.3, -0.25) is 9.88 Å². The van der Waals surface area contributed by atoms with E-state index in [0.717, 1.165) is 23.4 Å². The third kappa shape index (κ3) is 2.81. The van der Waals surface area contributed by atoms with Gasteiger partial charge in [-0.15, -0.1) is 0 Å². The number of aryl methyl sites for hydroxylation is 1. The number of carbonyl (C=O) groups excluding carboxylic acids is 1. The number of nitrogens with zero attached hydrogens (tertiary/aromatic N) is 2. The summed E-state index contributed by atoms with van der Waals surface area (Å²) in [6.45, 7) is 8.86. The fraction of sp³-hybridized carbons (Fsp3) is 0.571. The van der Waals surface area contributed by atoms with Crippen molar-refractivity contribution in [3.05, 3.63) is 29.1 Å². The molecular formula is C14H20N2O2. The Morgan fingerprint density at radius 3 is 2.72 bits per heavy atom. The minimum absolute atomic E-state index is 0.265. The van der Waals surface area contributed by atoms with Crippen LogP contribution in [0.2, 0.25) is 0 Å². The molecule has 98 valence electrons. The molecular weight excluding hydrogens is 228 g/mol. The van der Waals surface area contributed by atoms with Gasteiger partial charge in [-0.25, -0.2) is 4.79 Å². The highest BCUT2D eigenvalue weighted by atomic mass is 16.6. The predicted molar refractivity (Wildman–Crippen MR) is 69.1 cm³/mol. The molecule has 1 aromatic rings. The van der Waals surface area contributed by atoms with Gasteiger partial charge in [0.15, 0.2) is 0 Å². The van der Waals surface area contributed by atoms with Crippen LogP contribution < -0.4 is 0 Å². The highest BCUT2D eigenvalue weighted by molar-refractivity contribution is 5.69. The van der Waals surface area contributed by atoms with Crippen molar-refractivity contribution in [3.8, 4) is 0 Å². The number of hydrogen-bond donors (Lipinski definition) is 0. The van der Waals surface area contributed by atoms with Gasteiger partial charge in [-0.2, -0.15) is 0 Å². The van der Waals surface area contributed by atoms with Crippen LogP contribution in [0.4, 0.5) is 4.79 Å². The lowest BCUT2D eigenvalue weighted by Gasteiger charge is -2.23. The van der Waals surface area contributed by atoms with E-state index in [2.05, 4.69) is 18.0 Å². The maximum Gasteiger partial charge on any atom is 0.410 e. The first kappa shape index (κ1) is 12.9. The predicted octanol–water partition coefficient (Wildman–Crippen LogP) is 2.89. The Morgan fingerprint density at radius 1 is 1.39 bits per heavy atom. The molecule has 0 atom stereocenters. The molecule has 0 aromatic carbocycles. The van der Waals surface area contributed by atoms with Crippen LogP contribution in [0.5, 0.6) is 0 Å². The lowest BCUT2D eigenvalue weighted by Crippen LogP contribution is -2.33. The van der Waals surface area contributed by atoms with E-state index in [9.17, 15) is 4.79 Å². The molecule has 1 aliphatic rings. The van der Waals surface area contributed by atoms with Crippen LogP contribution in [0.1, 0.15) is 44.6 Å². The number of rotatable bonds is 1. The van der Waals surface area contributed by atoms with Gasteiger partial charge in [-0.1, -0.05) is 13.0 Å². The fourth-order valence-corrected chi connectivity index (χ4v) is 1.95. The first-order valence-electron chi connectivity index (χ1n) is 6.34. The molecule has 4 heteroatoms. The minimum atomic E-state index is -0.451. The minimum Gasteiger partial charge on any atom is -0.444 e. The zero-order chi connectivity index (χ0) is 13.3. The van der Waals surface area contributed by atoms with E-state index in [1.807, 2.05) is 26.8 Å². The largest absolute Gasteiger partial charge is 0.444 e. The Balaban J connectivity index is 2.08. The van der Waals surface area contributed by atoms with Crippen LogP contribution in [0.3, 0.4) is 0 Å². The van der Waals surface area contributed by atoms with Gasteiger partial charge in [0.25, 0.3) is 0 Å². The van der Waals surface area contributed by atoms with Crippen LogP contribution in [0.15, 0.2) is 12.1 Å². The van der Waals surface area contributed by atoms with E-state index in [4.69, 9.17) is 4.74 Å². The zero-order valence-electron chi connectivity index (χ0n) is 11.5. The summed E-state index contributed by atoms with van der Waals surface area (Å²) < 4.78 is 5.37. The molecule has 0 aliphatic carbocycles. The molecule has 4 nitrogen and oxygen atoms in total. The summed E-state index contributed by atoms with van der Waals surface area (Å²) in [7, 11) is 0. The van der Waals surface area contributed by atoms with Crippen molar-refractivity contribution < 1.29 is 9.53 Å². The fourth-order valence-electron chi connectivity index (χ4n) is 1.95. The summed E-state index contributed by atoms with van der Waals surface area (Å²) in [5.74, 6) is 0. The third-order valence-electron chi connectivity index (χ3n) is 2.84. The molecule has 0 saturated carbocycles. The summed E-state index contributed by atoms with van der Waals surface area (Å²) in [4.78, 5) is 18.2. The quantitative estimate of drug-likeness (QED) is 0.767. The molecule has 0 radical (unpaired) electrons. The second-order valence-electron chi connectivity index (χ2n) is 5.60. The number of pyridine rings is 1. The van der Waals surface area contributed by atoms with E-state index < -0.39 is 5.60 Å². The Kier molecular flexibility index (Phi) is 3.28. The lowest BCUT2D eigenvalue weighted by molar-refractivity contribution is 0.0240. The van der Waals surface area contributed by atoms with Gasteiger partial charge in [0.1, 0.15) is 5.60 Å². The molecule has 0 fully saturated rings. The van der Waals surface area contributed by atoms with Gasteiger partial charge in [-0.05, 0) is 38.8 Å². The molecule has 0 bridgehead atoms. The number of hydrogen-bond acceptors (Lipinski definition) is 3. The Morgan fingerprint density at radius 2 is 2.11 bits per heavy atom. The van der Waals surface area contributed by atoms with Crippen molar-refractivity contribution in [1.82, 2.24) is 9.88 Å². The number of ether oxygens (including phenoxy) is 1. The molecule has 1 aromatic heterocycles. The smallest absolute Gasteiger partial charge is 0.410 e. The number of carbonyl (C=O) groups is 1. The summed E-state index contributed by atoms with van der Waals surface area (Å²) >= 11 is 0. The number of aromatic nitrogens is 1. The SMILES string of the molecule is CCc1ccc2c(n1)CN(C(=O)OC(C)(C)C)C2. The first-order valence-corrected chi connectivity index (χ1v) is 6.34. The van der Waals surface area contributed by atoms with Gasteiger partial charge in [0, 0.05) is 5.69 Å². The summed E-state index contributed by atoms with van der Waals surface area (Å²) in [6.07, 6.45) is 0.651. The molecule has 0 unspecified atom stereocenters. The summed E-state index contributed by atoms with van der Waals surface area (Å²) in [6, 6.07) is 4.09. The van der Waals surface area contributed by atoms with E-state index in [0.29, 0.717) is 13.1 Å². The Hall–Kier alpha value is -1.58. The monoisotopic (exact) mass is 248 g/mol. The van der Waals surface area contributed by atoms with Crippen molar-refractivity contribution in [2.75, 3.05) is 0 Å². The molecule has 2 heterocycles. The number of amides is 1. The van der Waals surface area contributed by atoms with Crippen molar-refractivity contribution in [3.63, 3.8) is 0 Å². The highest BCUT2D eigenvalue weighted by Gasteiger charge is 2.28. The maximum atomic E-state index is 12.0.